The summed E-state index contributed by atoms with van der Waals surface area (Å²) in [6.07, 6.45) is 6.74. The molecular formula is C14H28N2OS. The van der Waals surface area contributed by atoms with Gasteiger partial charge in [0.05, 0.1) is 0 Å². The molecule has 1 heterocycles. The van der Waals surface area contributed by atoms with Crippen molar-refractivity contribution in [1.82, 2.24) is 10.2 Å². The minimum Gasteiger partial charge on any atom is -0.314 e. The summed E-state index contributed by atoms with van der Waals surface area (Å²) in [6.45, 7) is 6.71. The molecule has 1 N–H and O–H groups in total. The van der Waals surface area contributed by atoms with Crippen LogP contribution in [0.1, 0.15) is 39.0 Å². The van der Waals surface area contributed by atoms with Crippen LogP contribution in [0.5, 0.6) is 0 Å². The quantitative estimate of drug-likeness (QED) is 0.825. The molecule has 2 fully saturated rings. The summed E-state index contributed by atoms with van der Waals surface area (Å²) in [5.41, 5.74) is 0. The van der Waals surface area contributed by atoms with Crippen molar-refractivity contribution in [2.75, 3.05) is 37.7 Å². The highest BCUT2D eigenvalue weighted by Crippen LogP contribution is 2.25. The second-order valence-electron chi connectivity index (χ2n) is 5.75. The smallest absolute Gasteiger partial charge is 0.0363 e. The predicted octanol–water partition coefficient (Wildman–Crippen LogP) is 1.61. The Kier molecular flexibility index (Phi) is 6.12. The molecule has 3 nitrogen and oxygen atoms in total. The predicted molar refractivity (Wildman–Crippen MR) is 78.4 cm³/mol. The topological polar surface area (TPSA) is 32.3 Å². The zero-order valence-corrected chi connectivity index (χ0v) is 12.5. The highest BCUT2D eigenvalue weighted by atomic mass is 32.2. The Balaban J connectivity index is 1.79. The lowest BCUT2D eigenvalue weighted by Gasteiger charge is -2.37. The maximum atomic E-state index is 11.4. The number of rotatable bonds is 5. The van der Waals surface area contributed by atoms with Gasteiger partial charge in [-0.15, -0.1) is 0 Å². The Hall–Kier alpha value is 0.0700. The van der Waals surface area contributed by atoms with Crippen molar-refractivity contribution in [3.63, 3.8) is 0 Å². The lowest BCUT2D eigenvalue weighted by Crippen LogP contribution is -2.47. The lowest BCUT2D eigenvalue weighted by atomic mass is 9.84. The number of nitrogens with one attached hydrogen (secondary N) is 1. The van der Waals surface area contributed by atoms with E-state index in [1.54, 1.807) is 0 Å². The first-order valence-corrected chi connectivity index (χ1v) is 9.09. The third-order valence-electron chi connectivity index (χ3n) is 4.33. The third-order valence-corrected chi connectivity index (χ3v) is 5.60. The fourth-order valence-corrected chi connectivity index (χ4v) is 4.34. The number of nitrogens with zero attached hydrogens (tertiary/aromatic N) is 1. The van der Waals surface area contributed by atoms with Gasteiger partial charge in [-0.25, -0.2) is 0 Å². The first-order valence-electron chi connectivity index (χ1n) is 7.60. The Morgan fingerprint density at radius 2 is 1.94 bits per heavy atom. The monoisotopic (exact) mass is 272 g/mol. The van der Waals surface area contributed by atoms with Gasteiger partial charge in [-0.3, -0.25) is 4.21 Å². The second kappa shape index (κ2) is 7.61. The van der Waals surface area contributed by atoms with Crippen molar-refractivity contribution < 1.29 is 4.21 Å². The molecule has 0 amide bonds. The summed E-state index contributed by atoms with van der Waals surface area (Å²) in [5.74, 6) is 2.59. The Morgan fingerprint density at radius 3 is 2.67 bits per heavy atom. The molecule has 0 aromatic heterocycles. The highest BCUT2D eigenvalue weighted by Gasteiger charge is 2.27. The van der Waals surface area contributed by atoms with Crippen LogP contribution in [0.15, 0.2) is 0 Å². The molecule has 1 aliphatic heterocycles. The number of hydrogen-bond donors (Lipinski definition) is 1. The van der Waals surface area contributed by atoms with Crippen LogP contribution in [0.4, 0.5) is 0 Å². The van der Waals surface area contributed by atoms with Crippen molar-refractivity contribution in [1.29, 1.82) is 0 Å². The average Bonchev–Trinajstić information content (AvgIpc) is 2.40. The van der Waals surface area contributed by atoms with Gasteiger partial charge in [0.1, 0.15) is 0 Å². The second-order valence-corrected chi connectivity index (χ2v) is 7.45. The van der Waals surface area contributed by atoms with Gasteiger partial charge in [-0.2, -0.15) is 0 Å². The molecule has 1 aliphatic carbocycles. The van der Waals surface area contributed by atoms with E-state index in [0.29, 0.717) is 0 Å². The van der Waals surface area contributed by atoms with Crippen LogP contribution in [0.2, 0.25) is 0 Å². The summed E-state index contributed by atoms with van der Waals surface area (Å²) in [6, 6.07) is 0.728. The van der Waals surface area contributed by atoms with Gasteiger partial charge in [0.2, 0.25) is 0 Å². The molecule has 1 saturated carbocycles. The van der Waals surface area contributed by atoms with E-state index in [-0.39, 0.29) is 0 Å². The summed E-state index contributed by atoms with van der Waals surface area (Å²) in [4.78, 5) is 2.54. The van der Waals surface area contributed by atoms with E-state index >= 15 is 0 Å². The fraction of sp³-hybridized carbons (Fsp3) is 1.00. The Labute approximate surface area is 114 Å². The van der Waals surface area contributed by atoms with Crippen LogP contribution in [0.3, 0.4) is 0 Å². The van der Waals surface area contributed by atoms with Crippen LogP contribution in [-0.2, 0) is 10.8 Å². The molecule has 4 heteroatoms. The summed E-state index contributed by atoms with van der Waals surface area (Å²) in [5, 5.41) is 3.73. The van der Waals surface area contributed by atoms with Gasteiger partial charge < -0.3 is 10.2 Å². The van der Waals surface area contributed by atoms with Gasteiger partial charge in [-0.1, -0.05) is 19.8 Å². The largest absolute Gasteiger partial charge is 0.314 e. The Morgan fingerprint density at radius 1 is 1.22 bits per heavy atom. The van der Waals surface area contributed by atoms with Gasteiger partial charge in [0, 0.05) is 48.0 Å². The SMILES string of the molecule is CCCNC1CCCCC1CN1CCS(=O)CC1. The molecule has 2 rings (SSSR count). The van der Waals surface area contributed by atoms with E-state index in [0.717, 1.165) is 43.1 Å². The van der Waals surface area contributed by atoms with E-state index in [2.05, 4.69) is 17.1 Å². The van der Waals surface area contributed by atoms with Gasteiger partial charge in [-0.05, 0) is 31.7 Å². The maximum Gasteiger partial charge on any atom is 0.0363 e. The standard InChI is InChI=1S/C14H28N2OS/c1-2-7-15-14-6-4-3-5-13(14)12-16-8-10-18(17)11-9-16/h13-15H,2-12H2,1H3. The van der Waals surface area contributed by atoms with E-state index in [9.17, 15) is 4.21 Å². The van der Waals surface area contributed by atoms with Crippen molar-refractivity contribution in [2.24, 2.45) is 5.92 Å². The van der Waals surface area contributed by atoms with Crippen molar-refractivity contribution in [3.8, 4) is 0 Å². The molecule has 0 radical (unpaired) electrons. The molecular weight excluding hydrogens is 244 g/mol. The molecule has 0 aromatic carbocycles. The number of hydrogen-bond acceptors (Lipinski definition) is 3. The molecule has 0 spiro atoms. The molecule has 2 unspecified atom stereocenters. The highest BCUT2D eigenvalue weighted by molar-refractivity contribution is 7.85. The first kappa shape index (κ1) is 14.5. The van der Waals surface area contributed by atoms with Crippen molar-refractivity contribution in [2.45, 2.75) is 45.1 Å². The average molecular weight is 272 g/mol. The van der Waals surface area contributed by atoms with Crippen molar-refractivity contribution in [3.05, 3.63) is 0 Å². The van der Waals surface area contributed by atoms with Gasteiger partial charge >= 0.3 is 0 Å². The van der Waals surface area contributed by atoms with Crippen molar-refractivity contribution >= 4 is 10.8 Å². The molecule has 0 bridgehead atoms. The van der Waals surface area contributed by atoms with Gasteiger partial charge in [0.15, 0.2) is 0 Å². The summed E-state index contributed by atoms with van der Waals surface area (Å²) >= 11 is 0. The zero-order valence-electron chi connectivity index (χ0n) is 11.7. The van der Waals surface area contributed by atoms with Crippen LogP contribution in [0.25, 0.3) is 0 Å². The minimum absolute atomic E-state index is 0.538. The van der Waals surface area contributed by atoms with E-state index in [1.165, 1.54) is 38.6 Å². The van der Waals surface area contributed by atoms with Crippen LogP contribution >= 0.6 is 0 Å². The zero-order chi connectivity index (χ0) is 12.8. The van der Waals surface area contributed by atoms with E-state index < -0.39 is 10.8 Å². The first-order chi connectivity index (χ1) is 8.79. The van der Waals surface area contributed by atoms with Crippen LogP contribution in [0, 0.1) is 5.92 Å². The van der Waals surface area contributed by atoms with E-state index in [4.69, 9.17) is 0 Å². The summed E-state index contributed by atoms with van der Waals surface area (Å²) in [7, 11) is -0.538. The van der Waals surface area contributed by atoms with Crippen LogP contribution < -0.4 is 5.32 Å². The summed E-state index contributed by atoms with van der Waals surface area (Å²) < 4.78 is 11.4. The fourth-order valence-electron chi connectivity index (χ4n) is 3.21. The molecule has 0 aromatic rings. The third kappa shape index (κ3) is 4.32. The molecule has 2 aliphatic rings. The normalized spacial score (nSPS) is 31.6. The molecule has 106 valence electrons. The minimum atomic E-state index is -0.538. The van der Waals surface area contributed by atoms with Gasteiger partial charge in [0.25, 0.3) is 0 Å². The molecule has 18 heavy (non-hydrogen) atoms. The molecule has 1 saturated heterocycles. The lowest BCUT2D eigenvalue weighted by molar-refractivity contribution is 0.176. The maximum absolute atomic E-state index is 11.4. The van der Waals surface area contributed by atoms with Crippen LogP contribution in [-0.4, -0.2) is 52.8 Å². The Bertz CT molecular complexity index is 263. The van der Waals surface area contributed by atoms with E-state index in [1.807, 2.05) is 0 Å². The molecule has 2 atom stereocenters.